The lowest BCUT2D eigenvalue weighted by molar-refractivity contribution is -0.124. The number of rotatable bonds is 9. The fourth-order valence-electron chi connectivity index (χ4n) is 4.51. The standard InChI is InChI=1S/C26H26N6O4S/c33-23(30-14-17-6-2-1-5-16(17)13-21-24(34)31-26(36)37-21)20-9-8-19-15-29-22(25(35)32(19)20)28-12-10-18-7-3-4-11-27-18/h1-7,11,15,20,34H,8-10,12-14H2,(H,28,29)(H,30,33)(H,31,36)/t20-/m0/s1. The molecule has 0 aliphatic carbocycles. The summed E-state index contributed by atoms with van der Waals surface area (Å²) in [6.07, 6.45) is 5.51. The highest BCUT2D eigenvalue weighted by Gasteiger charge is 2.30. The summed E-state index contributed by atoms with van der Waals surface area (Å²) in [6.45, 7) is 0.758. The molecule has 1 aliphatic rings. The predicted molar refractivity (Wildman–Crippen MR) is 140 cm³/mol. The van der Waals surface area contributed by atoms with E-state index in [-0.39, 0.29) is 34.6 Å². The van der Waals surface area contributed by atoms with E-state index in [9.17, 15) is 19.5 Å². The molecule has 0 saturated heterocycles. The van der Waals surface area contributed by atoms with Crippen LogP contribution in [-0.4, -0.2) is 37.1 Å². The van der Waals surface area contributed by atoms with Crippen molar-refractivity contribution in [2.24, 2.45) is 0 Å². The number of thiazole rings is 1. The Hall–Kier alpha value is -4.25. The summed E-state index contributed by atoms with van der Waals surface area (Å²) in [5, 5.41) is 16.0. The quantitative estimate of drug-likeness (QED) is 0.266. The lowest BCUT2D eigenvalue weighted by atomic mass is 10.0. The summed E-state index contributed by atoms with van der Waals surface area (Å²) < 4.78 is 1.53. The molecule has 0 fully saturated rings. The first-order valence-corrected chi connectivity index (χ1v) is 12.8. The third kappa shape index (κ3) is 5.46. The number of aryl methyl sites for hydroxylation is 1. The Morgan fingerprint density at radius 2 is 1.95 bits per heavy atom. The fourth-order valence-corrected chi connectivity index (χ4v) is 5.26. The number of hydrogen-bond donors (Lipinski definition) is 4. The van der Waals surface area contributed by atoms with Gasteiger partial charge in [-0.25, -0.2) is 4.98 Å². The van der Waals surface area contributed by atoms with E-state index in [1.54, 1.807) is 12.4 Å². The van der Waals surface area contributed by atoms with E-state index in [1.807, 2.05) is 42.5 Å². The summed E-state index contributed by atoms with van der Waals surface area (Å²) >= 11 is 0.960. The SMILES string of the molecule is O=C(NCc1ccccc1Cc1sc(=O)[nH]c1O)[C@@H]1CCc2cnc(NCCc3ccccn3)c(=O)n21. The molecule has 10 nitrogen and oxygen atoms in total. The Bertz CT molecular complexity index is 1530. The van der Waals surface area contributed by atoms with Crippen LogP contribution in [0.4, 0.5) is 5.82 Å². The summed E-state index contributed by atoms with van der Waals surface area (Å²) in [5.74, 6) is -0.153. The monoisotopic (exact) mass is 518 g/mol. The normalized spacial score (nSPS) is 14.3. The highest BCUT2D eigenvalue weighted by molar-refractivity contribution is 7.09. The molecule has 0 spiro atoms. The van der Waals surface area contributed by atoms with Gasteiger partial charge in [-0.15, -0.1) is 0 Å². The van der Waals surface area contributed by atoms with Gasteiger partial charge in [0.15, 0.2) is 5.82 Å². The highest BCUT2D eigenvalue weighted by Crippen LogP contribution is 2.25. The Balaban J connectivity index is 1.26. The van der Waals surface area contributed by atoms with Crippen molar-refractivity contribution in [3.8, 4) is 5.88 Å². The molecule has 1 amide bonds. The molecule has 0 bridgehead atoms. The van der Waals surface area contributed by atoms with Crippen molar-refractivity contribution in [2.45, 2.75) is 38.3 Å². The van der Waals surface area contributed by atoms with Gasteiger partial charge in [0.25, 0.3) is 5.56 Å². The largest absolute Gasteiger partial charge is 0.494 e. The van der Waals surface area contributed by atoms with Crippen molar-refractivity contribution in [3.05, 3.63) is 102 Å². The number of H-pyrrole nitrogens is 1. The maximum absolute atomic E-state index is 13.2. The van der Waals surface area contributed by atoms with Crippen molar-refractivity contribution >= 4 is 23.1 Å². The van der Waals surface area contributed by atoms with E-state index in [0.717, 1.165) is 33.9 Å². The number of nitrogens with one attached hydrogen (secondary N) is 3. The number of benzene rings is 1. The number of nitrogens with zero attached hydrogens (tertiary/aromatic N) is 3. The third-order valence-corrected chi connectivity index (χ3v) is 7.26. The minimum Gasteiger partial charge on any atom is -0.494 e. The number of anilines is 1. The second kappa shape index (κ2) is 10.8. The number of aromatic hydroxyl groups is 1. The van der Waals surface area contributed by atoms with Gasteiger partial charge >= 0.3 is 4.87 Å². The zero-order valence-electron chi connectivity index (χ0n) is 19.9. The Morgan fingerprint density at radius 3 is 2.70 bits per heavy atom. The molecule has 3 aromatic heterocycles. The van der Waals surface area contributed by atoms with E-state index < -0.39 is 6.04 Å². The molecule has 0 saturated carbocycles. The van der Waals surface area contributed by atoms with Gasteiger partial charge < -0.3 is 15.7 Å². The molecular weight excluding hydrogens is 492 g/mol. The maximum Gasteiger partial charge on any atom is 0.307 e. The minimum absolute atomic E-state index is 0.131. The molecule has 5 rings (SSSR count). The van der Waals surface area contributed by atoms with Gasteiger partial charge in [0.2, 0.25) is 11.8 Å². The van der Waals surface area contributed by atoms with Crippen molar-refractivity contribution in [1.82, 2.24) is 24.8 Å². The summed E-state index contributed by atoms with van der Waals surface area (Å²) in [7, 11) is 0. The van der Waals surface area contributed by atoms with Crippen LogP contribution >= 0.6 is 11.3 Å². The molecule has 11 heteroatoms. The van der Waals surface area contributed by atoms with Crippen LogP contribution in [0.3, 0.4) is 0 Å². The lowest BCUT2D eigenvalue weighted by Gasteiger charge is -2.17. The average molecular weight is 519 g/mol. The van der Waals surface area contributed by atoms with E-state index in [1.165, 1.54) is 4.57 Å². The first-order chi connectivity index (χ1) is 18.0. The topological polar surface area (TPSA) is 142 Å². The first-order valence-electron chi connectivity index (χ1n) is 12.0. The van der Waals surface area contributed by atoms with Crippen LogP contribution in [0.2, 0.25) is 0 Å². The van der Waals surface area contributed by atoms with Crippen LogP contribution in [0.1, 0.15) is 39.9 Å². The molecule has 4 N–H and O–H groups in total. The molecule has 4 aromatic rings. The molecule has 0 unspecified atom stereocenters. The van der Waals surface area contributed by atoms with E-state index in [0.29, 0.717) is 37.1 Å². The fraction of sp³-hybridized carbons (Fsp3) is 0.269. The van der Waals surface area contributed by atoms with Crippen molar-refractivity contribution in [3.63, 3.8) is 0 Å². The molecule has 0 radical (unpaired) electrons. The van der Waals surface area contributed by atoms with Crippen molar-refractivity contribution < 1.29 is 9.90 Å². The van der Waals surface area contributed by atoms with Gasteiger partial charge in [-0.2, -0.15) is 0 Å². The summed E-state index contributed by atoms with van der Waals surface area (Å²) in [6, 6.07) is 12.6. The Kier molecular flexibility index (Phi) is 7.13. The number of hydrogen-bond acceptors (Lipinski definition) is 8. The zero-order chi connectivity index (χ0) is 25.8. The first kappa shape index (κ1) is 24.4. The highest BCUT2D eigenvalue weighted by atomic mass is 32.1. The van der Waals surface area contributed by atoms with Crippen LogP contribution < -0.4 is 21.1 Å². The van der Waals surface area contributed by atoms with Gasteiger partial charge in [0, 0.05) is 49.7 Å². The lowest BCUT2D eigenvalue weighted by Crippen LogP contribution is -2.36. The second-order valence-corrected chi connectivity index (χ2v) is 9.84. The Morgan fingerprint density at radius 1 is 1.14 bits per heavy atom. The summed E-state index contributed by atoms with van der Waals surface area (Å²) in [5.41, 5.74) is 3.09. The number of amides is 1. The smallest absolute Gasteiger partial charge is 0.307 e. The molecule has 1 aliphatic heterocycles. The minimum atomic E-state index is -0.618. The molecule has 37 heavy (non-hydrogen) atoms. The van der Waals surface area contributed by atoms with E-state index in [2.05, 4.69) is 25.6 Å². The number of aromatic nitrogens is 4. The molecule has 4 heterocycles. The van der Waals surface area contributed by atoms with Gasteiger partial charge in [0.1, 0.15) is 6.04 Å². The van der Waals surface area contributed by atoms with E-state index >= 15 is 0 Å². The summed E-state index contributed by atoms with van der Waals surface area (Å²) in [4.78, 5) is 49.0. The van der Waals surface area contributed by atoms with Gasteiger partial charge in [-0.3, -0.25) is 28.9 Å². The maximum atomic E-state index is 13.2. The second-order valence-electron chi connectivity index (χ2n) is 8.78. The average Bonchev–Trinajstić information content (AvgIpc) is 3.48. The number of pyridine rings is 1. The molecule has 1 aromatic carbocycles. The van der Waals surface area contributed by atoms with Crippen molar-refractivity contribution in [1.29, 1.82) is 0 Å². The predicted octanol–water partition coefficient (Wildman–Crippen LogP) is 2.14. The van der Waals surface area contributed by atoms with Crippen LogP contribution in [0, 0.1) is 0 Å². The van der Waals surface area contributed by atoms with Crippen LogP contribution in [0.25, 0.3) is 0 Å². The number of carbonyl (C=O) groups is 1. The van der Waals surface area contributed by atoms with Crippen LogP contribution in [0.5, 0.6) is 5.88 Å². The Labute approximate surface area is 216 Å². The molecular formula is C26H26N6O4S. The molecule has 190 valence electrons. The third-order valence-electron chi connectivity index (χ3n) is 6.38. The van der Waals surface area contributed by atoms with Crippen LogP contribution in [0.15, 0.2) is 64.4 Å². The number of aromatic amines is 1. The van der Waals surface area contributed by atoms with Crippen LogP contribution in [-0.2, 0) is 30.6 Å². The van der Waals surface area contributed by atoms with Crippen molar-refractivity contribution in [2.75, 3.05) is 11.9 Å². The number of carbonyl (C=O) groups excluding carboxylic acids is 1. The number of fused-ring (bicyclic) bond motifs is 1. The van der Waals surface area contributed by atoms with Gasteiger partial charge in [0.05, 0.1) is 4.88 Å². The van der Waals surface area contributed by atoms with E-state index in [4.69, 9.17) is 0 Å². The zero-order valence-corrected chi connectivity index (χ0v) is 20.8. The molecule has 1 atom stereocenters. The van der Waals surface area contributed by atoms with Gasteiger partial charge in [-0.1, -0.05) is 41.7 Å². The van der Waals surface area contributed by atoms with Gasteiger partial charge in [-0.05, 0) is 36.1 Å².